The molecule has 224 valence electrons. The van der Waals surface area contributed by atoms with Crippen molar-refractivity contribution in [3.05, 3.63) is 35.4 Å². The SMILES string of the molecule is CC.CCCO.CCCSc1nc(NC2C[C@H]2c2ccc(F)c(F)c2)c2nnn(C[C@H](O)C(CC)CCC)c2n1. The summed E-state index contributed by atoms with van der Waals surface area (Å²) in [5.74, 6) is 0.0571. The minimum Gasteiger partial charge on any atom is -0.396 e. The highest BCUT2D eigenvalue weighted by Crippen LogP contribution is 2.43. The molecular weight excluding hydrogens is 534 g/mol. The lowest BCUT2D eigenvalue weighted by Crippen LogP contribution is -2.26. The summed E-state index contributed by atoms with van der Waals surface area (Å²) in [5, 5.41) is 31.3. The first-order valence-corrected chi connectivity index (χ1v) is 15.6. The van der Waals surface area contributed by atoms with Crippen molar-refractivity contribution in [1.29, 1.82) is 0 Å². The molecule has 1 fully saturated rings. The number of anilines is 1. The highest BCUT2D eigenvalue weighted by molar-refractivity contribution is 7.99. The predicted molar refractivity (Wildman–Crippen MR) is 159 cm³/mol. The van der Waals surface area contributed by atoms with Gasteiger partial charge in [0.25, 0.3) is 0 Å². The zero-order valence-corrected chi connectivity index (χ0v) is 25.5. The molecule has 0 bridgehead atoms. The van der Waals surface area contributed by atoms with E-state index in [-0.39, 0.29) is 17.9 Å². The third kappa shape index (κ3) is 9.34. The Labute approximate surface area is 241 Å². The molecule has 3 N–H and O–H groups in total. The van der Waals surface area contributed by atoms with Crippen molar-refractivity contribution in [3.63, 3.8) is 0 Å². The molecule has 1 aliphatic carbocycles. The van der Waals surface area contributed by atoms with Crippen molar-refractivity contribution in [2.75, 3.05) is 17.7 Å². The molecule has 2 unspecified atom stereocenters. The van der Waals surface area contributed by atoms with Crippen molar-refractivity contribution >= 4 is 28.7 Å². The van der Waals surface area contributed by atoms with Crippen LogP contribution < -0.4 is 5.32 Å². The molecule has 1 aromatic carbocycles. The van der Waals surface area contributed by atoms with Gasteiger partial charge in [-0.2, -0.15) is 0 Å². The second kappa shape index (κ2) is 17.4. The van der Waals surface area contributed by atoms with Crippen LogP contribution in [0, 0.1) is 17.6 Å². The molecule has 2 aromatic heterocycles. The number of benzene rings is 1. The zero-order chi connectivity index (χ0) is 29.7. The quantitative estimate of drug-likeness (QED) is 0.154. The van der Waals surface area contributed by atoms with Crippen LogP contribution in [0.25, 0.3) is 11.2 Å². The number of aliphatic hydroxyl groups is 2. The van der Waals surface area contributed by atoms with Crippen molar-refractivity contribution in [1.82, 2.24) is 25.0 Å². The van der Waals surface area contributed by atoms with Crippen LogP contribution in [0.2, 0.25) is 0 Å². The Morgan fingerprint density at radius 1 is 1.07 bits per heavy atom. The fourth-order valence-electron chi connectivity index (χ4n) is 4.32. The molecule has 2 heterocycles. The van der Waals surface area contributed by atoms with E-state index in [9.17, 15) is 13.9 Å². The second-order valence-corrected chi connectivity index (χ2v) is 10.7. The summed E-state index contributed by atoms with van der Waals surface area (Å²) in [7, 11) is 0. The van der Waals surface area contributed by atoms with Crippen molar-refractivity contribution in [2.45, 2.75) is 110 Å². The van der Waals surface area contributed by atoms with Crippen LogP contribution in [0.3, 0.4) is 0 Å². The van der Waals surface area contributed by atoms with Crippen molar-refractivity contribution < 1.29 is 19.0 Å². The average molecular weight is 581 g/mol. The third-order valence-electron chi connectivity index (χ3n) is 6.57. The summed E-state index contributed by atoms with van der Waals surface area (Å²) in [6, 6.07) is 4.09. The van der Waals surface area contributed by atoms with Gasteiger partial charge >= 0.3 is 0 Å². The van der Waals surface area contributed by atoms with Gasteiger partial charge in [0, 0.05) is 24.3 Å². The molecule has 3 aromatic rings. The molecule has 0 amide bonds. The number of aliphatic hydroxyl groups excluding tert-OH is 2. The van der Waals surface area contributed by atoms with E-state index in [1.54, 1.807) is 22.5 Å². The van der Waals surface area contributed by atoms with Crippen molar-refractivity contribution in [3.8, 4) is 0 Å². The lowest BCUT2D eigenvalue weighted by Gasteiger charge is -2.20. The number of halogens is 2. The Balaban J connectivity index is 0.000000858. The Morgan fingerprint density at radius 2 is 1.80 bits per heavy atom. The summed E-state index contributed by atoms with van der Waals surface area (Å²) in [6.45, 7) is 12.9. The number of hydrogen-bond acceptors (Lipinski definition) is 8. The first kappa shape index (κ1) is 33.8. The van der Waals surface area contributed by atoms with Gasteiger partial charge in [0.1, 0.15) is 0 Å². The fraction of sp³-hybridized carbons (Fsp3) is 0.655. The largest absolute Gasteiger partial charge is 0.396 e. The van der Waals surface area contributed by atoms with Gasteiger partial charge in [-0.25, -0.2) is 23.4 Å². The smallest absolute Gasteiger partial charge is 0.191 e. The maximum atomic E-state index is 13.7. The first-order valence-electron chi connectivity index (χ1n) is 14.6. The van der Waals surface area contributed by atoms with Crippen LogP contribution >= 0.6 is 11.8 Å². The van der Waals surface area contributed by atoms with E-state index in [2.05, 4.69) is 41.4 Å². The maximum Gasteiger partial charge on any atom is 0.191 e. The van der Waals surface area contributed by atoms with Crippen LogP contribution in [-0.2, 0) is 6.54 Å². The monoisotopic (exact) mass is 580 g/mol. The molecule has 1 saturated carbocycles. The molecule has 4 rings (SSSR count). The van der Waals surface area contributed by atoms with E-state index in [1.807, 2.05) is 20.8 Å². The zero-order valence-electron chi connectivity index (χ0n) is 24.7. The van der Waals surface area contributed by atoms with Crippen LogP contribution in [0.5, 0.6) is 0 Å². The van der Waals surface area contributed by atoms with Crippen LogP contribution in [0.15, 0.2) is 23.4 Å². The van der Waals surface area contributed by atoms with Crippen LogP contribution in [0.4, 0.5) is 14.6 Å². The Hall–Kier alpha value is -2.37. The molecule has 8 nitrogen and oxygen atoms in total. The van der Waals surface area contributed by atoms with E-state index in [0.29, 0.717) is 35.3 Å². The highest BCUT2D eigenvalue weighted by atomic mass is 32.2. The lowest BCUT2D eigenvalue weighted by atomic mass is 9.94. The van der Waals surface area contributed by atoms with E-state index in [1.165, 1.54) is 12.1 Å². The molecule has 0 radical (unpaired) electrons. The predicted octanol–water partition coefficient (Wildman–Crippen LogP) is 6.57. The molecule has 11 heteroatoms. The van der Waals surface area contributed by atoms with Gasteiger partial charge in [0.2, 0.25) is 0 Å². The minimum atomic E-state index is -0.841. The van der Waals surface area contributed by atoms with Gasteiger partial charge < -0.3 is 15.5 Å². The molecule has 0 aliphatic heterocycles. The number of nitrogens with zero attached hydrogens (tertiary/aromatic N) is 5. The topological polar surface area (TPSA) is 109 Å². The Kier molecular flexibility index (Phi) is 14.8. The molecular formula is C29H46F2N6O2S. The van der Waals surface area contributed by atoms with Gasteiger partial charge in [-0.05, 0) is 49.3 Å². The molecule has 1 aliphatic rings. The summed E-state index contributed by atoms with van der Waals surface area (Å²) in [6.07, 6.45) is 4.98. The number of hydrogen-bond donors (Lipinski definition) is 3. The number of fused-ring (bicyclic) bond motifs is 1. The summed E-state index contributed by atoms with van der Waals surface area (Å²) >= 11 is 1.56. The van der Waals surface area contributed by atoms with Gasteiger partial charge in [0.15, 0.2) is 33.8 Å². The van der Waals surface area contributed by atoms with Gasteiger partial charge in [-0.3, -0.25) is 0 Å². The number of thioether (sulfide) groups is 1. The van der Waals surface area contributed by atoms with Crippen LogP contribution in [-0.4, -0.2) is 59.7 Å². The Bertz CT molecular complexity index is 1160. The summed E-state index contributed by atoms with van der Waals surface area (Å²) < 4.78 is 28.7. The lowest BCUT2D eigenvalue weighted by molar-refractivity contribution is 0.0798. The second-order valence-electron chi connectivity index (χ2n) is 9.66. The van der Waals surface area contributed by atoms with Gasteiger partial charge in [0.05, 0.1) is 12.6 Å². The fourth-order valence-corrected chi connectivity index (χ4v) is 5.02. The normalized spacial score (nSPS) is 17.4. The molecule has 4 atom stereocenters. The summed E-state index contributed by atoms with van der Waals surface area (Å²) in [5.41, 5.74) is 1.90. The first-order chi connectivity index (χ1) is 19.4. The molecule has 0 spiro atoms. The number of aromatic nitrogens is 5. The van der Waals surface area contributed by atoms with Gasteiger partial charge in [-0.1, -0.05) is 77.4 Å². The molecule has 40 heavy (non-hydrogen) atoms. The van der Waals surface area contributed by atoms with E-state index in [4.69, 9.17) is 10.1 Å². The standard InChI is InChI=1S/C24H32F2N6OS.C3H8O.C2H6/c1-4-7-14(6-3)20(33)13-32-23-21(30-31-32)22(28-24(29-23)34-10-5-2)27-19-12-16(19)15-8-9-17(25)18(26)11-15;1-2-3-4;1-2/h8-9,11,14,16,19-20,33H,4-7,10,12-13H2,1-3H3,(H,27,28,29);4H,2-3H2,1H3;1-2H3/t14?,16-,19?,20-;;/m0../s1. The molecule has 0 saturated heterocycles. The van der Waals surface area contributed by atoms with Gasteiger partial charge in [-0.15, -0.1) is 5.10 Å². The number of rotatable bonds is 13. The Morgan fingerprint density at radius 3 is 2.40 bits per heavy atom. The van der Waals surface area contributed by atoms with E-state index in [0.717, 1.165) is 49.8 Å². The summed E-state index contributed by atoms with van der Waals surface area (Å²) in [4.78, 5) is 9.37. The van der Waals surface area contributed by atoms with E-state index < -0.39 is 17.7 Å². The number of nitrogens with one attached hydrogen (secondary N) is 1. The minimum absolute atomic E-state index is 0.0387. The van der Waals surface area contributed by atoms with E-state index >= 15 is 0 Å². The highest BCUT2D eigenvalue weighted by Gasteiger charge is 2.39. The third-order valence-corrected chi connectivity index (χ3v) is 7.63. The van der Waals surface area contributed by atoms with Crippen molar-refractivity contribution in [2.24, 2.45) is 5.92 Å². The maximum absolute atomic E-state index is 13.7. The van der Waals surface area contributed by atoms with Crippen LogP contribution in [0.1, 0.15) is 91.5 Å². The average Bonchev–Trinajstić information content (AvgIpc) is 3.63.